The largest absolute Gasteiger partial charge is 0.326 e. The standard InChI is InChI=1S/C14H19FN2O/c1-10-4-5-11(15)9-13(10)17-14(18)7-6-12-3-2-8-16-12/h4-5,9,12,16H,2-3,6-8H2,1H3,(H,17,18). The van der Waals surface area contributed by atoms with Gasteiger partial charge in [0.1, 0.15) is 5.82 Å². The van der Waals surface area contributed by atoms with Gasteiger partial charge in [-0.3, -0.25) is 4.79 Å². The lowest BCUT2D eigenvalue weighted by Gasteiger charge is -2.11. The molecule has 1 aliphatic heterocycles. The molecule has 1 aromatic rings. The van der Waals surface area contributed by atoms with Crippen LogP contribution in [-0.4, -0.2) is 18.5 Å². The Kier molecular flexibility index (Phi) is 4.31. The Labute approximate surface area is 107 Å². The Morgan fingerprint density at radius 3 is 3.11 bits per heavy atom. The van der Waals surface area contributed by atoms with Gasteiger partial charge < -0.3 is 10.6 Å². The summed E-state index contributed by atoms with van der Waals surface area (Å²) in [5, 5.41) is 6.12. The highest BCUT2D eigenvalue weighted by Crippen LogP contribution is 2.17. The second kappa shape index (κ2) is 5.96. The van der Waals surface area contributed by atoms with Crippen LogP contribution in [0.3, 0.4) is 0 Å². The van der Waals surface area contributed by atoms with Gasteiger partial charge in [-0.25, -0.2) is 4.39 Å². The second-order valence-electron chi connectivity index (χ2n) is 4.84. The Bertz CT molecular complexity index is 428. The summed E-state index contributed by atoms with van der Waals surface area (Å²) in [6.07, 6.45) is 3.66. The summed E-state index contributed by atoms with van der Waals surface area (Å²) in [6.45, 7) is 2.91. The minimum absolute atomic E-state index is 0.0441. The van der Waals surface area contributed by atoms with Crippen molar-refractivity contribution < 1.29 is 9.18 Å². The molecule has 18 heavy (non-hydrogen) atoms. The van der Waals surface area contributed by atoms with Crippen molar-refractivity contribution in [2.24, 2.45) is 0 Å². The van der Waals surface area contributed by atoms with Gasteiger partial charge in [0.15, 0.2) is 0 Å². The smallest absolute Gasteiger partial charge is 0.224 e. The monoisotopic (exact) mass is 250 g/mol. The lowest BCUT2D eigenvalue weighted by atomic mass is 10.1. The molecule has 1 heterocycles. The highest BCUT2D eigenvalue weighted by molar-refractivity contribution is 5.91. The number of carbonyl (C=O) groups is 1. The van der Waals surface area contributed by atoms with Gasteiger partial charge in [-0.2, -0.15) is 0 Å². The van der Waals surface area contributed by atoms with Crippen LogP contribution in [0.25, 0.3) is 0 Å². The minimum Gasteiger partial charge on any atom is -0.326 e. The van der Waals surface area contributed by atoms with Crippen LogP contribution < -0.4 is 10.6 Å². The van der Waals surface area contributed by atoms with E-state index in [0.717, 1.165) is 24.9 Å². The van der Waals surface area contributed by atoms with Crippen LogP contribution >= 0.6 is 0 Å². The zero-order chi connectivity index (χ0) is 13.0. The van der Waals surface area contributed by atoms with E-state index in [1.54, 1.807) is 6.07 Å². The Morgan fingerprint density at radius 2 is 2.39 bits per heavy atom. The van der Waals surface area contributed by atoms with Gasteiger partial charge in [0.2, 0.25) is 5.91 Å². The van der Waals surface area contributed by atoms with Crippen LogP contribution in [0.4, 0.5) is 10.1 Å². The first-order valence-corrected chi connectivity index (χ1v) is 6.44. The molecule has 1 fully saturated rings. The van der Waals surface area contributed by atoms with E-state index in [0.29, 0.717) is 18.2 Å². The highest BCUT2D eigenvalue weighted by atomic mass is 19.1. The molecule has 1 atom stereocenters. The number of rotatable bonds is 4. The molecule has 0 saturated carbocycles. The first-order chi connectivity index (χ1) is 8.65. The fourth-order valence-corrected chi connectivity index (χ4v) is 2.25. The van der Waals surface area contributed by atoms with Gasteiger partial charge in [0.25, 0.3) is 0 Å². The fraction of sp³-hybridized carbons (Fsp3) is 0.500. The van der Waals surface area contributed by atoms with Gasteiger partial charge >= 0.3 is 0 Å². The first kappa shape index (κ1) is 13.0. The van der Waals surface area contributed by atoms with Crippen LogP contribution in [-0.2, 0) is 4.79 Å². The van der Waals surface area contributed by atoms with Crippen LogP contribution in [0, 0.1) is 12.7 Å². The zero-order valence-electron chi connectivity index (χ0n) is 10.6. The number of aryl methyl sites for hydroxylation is 1. The average Bonchev–Trinajstić information content (AvgIpc) is 2.84. The molecular weight excluding hydrogens is 231 g/mol. The number of amides is 1. The molecule has 4 heteroatoms. The molecule has 1 aliphatic rings. The summed E-state index contributed by atoms with van der Waals surface area (Å²) < 4.78 is 13.1. The number of carbonyl (C=O) groups excluding carboxylic acids is 1. The van der Waals surface area contributed by atoms with Crippen molar-refractivity contribution in [3.8, 4) is 0 Å². The molecule has 3 nitrogen and oxygen atoms in total. The number of hydrogen-bond acceptors (Lipinski definition) is 2. The number of halogens is 1. The SMILES string of the molecule is Cc1ccc(F)cc1NC(=O)CCC1CCCN1. The lowest BCUT2D eigenvalue weighted by molar-refractivity contribution is -0.116. The highest BCUT2D eigenvalue weighted by Gasteiger charge is 2.15. The molecule has 2 rings (SSSR count). The van der Waals surface area contributed by atoms with Crippen molar-refractivity contribution in [3.63, 3.8) is 0 Å². The van der Waals surface area contributed by atoms with E-state index in [2.05, 4.69) is 10.6 Å². The lowest BCUT2D eigenvalue weighted by Crippen LogP contribution is -2.23. The van der Waals surface area contributed by atoms with Crippen molar-refractivity contribution in [2.75, 3.05) is 11.9 Å². The number of anilines is 1. The Balaban J connectivity index is 1.84. The second-order valence-corrected chi connectivity index (χ2v) is 4.84. The van der Waals surface area contributed by atoms with Crippen molar-refractivity contribution >= 4 is 11.6 Å². The minimum atomic E-state index is -0.326. The van der Waals surface area contributed by atoms with Crippen LogP contribution in [0.5, 0.6) is 0 Å². The number of benzene rings is 1. The summed E-state index contributed by atoms with van der Waals surface area (Å²) in [7, 11) is 0. The maximum absolute atomic E-state index is 13.1. The molecule has 1 saturated heterocycles. The van der Waals surface area contributed by atoms with Gasteiger partial charge in [0.05, 0.1) is 0 Å². The van der Waals surface area contributed by atoms with Crippen molar-refractivity contribution in [1.29, 1.82) is 0 Å². The summed E-state index contributed by atoms with van der Waals surface area (Å²) in [5.41, 5.74) is 1.45. The molecule has 98 valence electrons. The maximum atomic E-state index is 13.1. The van der Waals surface area contributed by atoms with E-state index in [9.17, 15) is 9.18 Å². The molecule has 0 aliphatic carbocycles. The molecule has 1 aromatic carbocycles. The number of nitrogens with one attached hydrogen (secondary N) is 2. The molecule has 1 amide bonds. The average molecular weight is 250 g/mol. The molecule has 0 radical (unpaired) electrons. The van der Waals surface area contributed by atoms with Gasteiger partial charge in [0, 0.05) is 18.2 Å². The van der Waals surface area contributed by atoms with Crippen molar-refractivity contribution in [3.05, 3.63) is 29.6 Å². The van der Waals surface area contributed by atoms with E-state index in [1.807, 2.05) is 6.92 Å². The predicted molar refractivity (Wildman–Crippen MR) is 70.0 cm³/mol. The van der Waals surface area contributed by atoms with E-state index in [4.69, 9.17) is 0 Å². The molecule has 0 spiro atoms. The Morgan fingerprint density at radius 1 is 1.56 bits per heavy atom. The van der Waals surface area contributed by atoms with Gasteiger partial charge in [-0.15, -0.1) is 0 Å². The van der Waals surface area contributed by atoms with Crippen LogP contribution in [0.15, 0.2) is 18.2 Å². The third-order valence-electron chi connectivity index (χ3n) is 3.36. The Hall–Kier alpha value is -1.42. The maximum Gasteiger partial charge on any atom is 0.224 e. The topological polar surface area (TPSA) is 41.1 Å². The molecule has 1 unspecified atom stereocenters. The quantitative estimate of drug-likeness (QED) is 0.862. The third-order valence-corrected chi connectivity index (χ3v) is 3.36. The zero-order valence-corrected chi connectivity index (χ0v) is 10.6. The van der Waals surface area contributed by atoms with E-state index >= 15 is 0 Å². The van der Waals surface area contributed by atoms with Crippen molar-refractivity contribution in [2.45, 2.75) is 38.6 Å². The molecule has 0 aromatic heterocycles. The first-order valence-electron chi connectivity index (χ1n) is 6.44. The van der Waals surface area contributed by atoms with Gasteiger partial charge in [-0.05, 0) is 50.4 Å². The molecular formula is C14H19FN2O. The third kappa shape index (κ3) is 3.53. The molecule has 2 N–H and O–H groups in total. The van der Waals surface area contributed by atoms with E-state index in [1.165, 1.54) is 18.6 Å². The van der Waals surface area contributed by atoms with Crippen molar-refractivity contribution in [1.82, 2.24) is 5.32 Å². The van der Waals surface area contributed by atoms with E-state index < -0.39 is 0 Å². The summed E-state index contributed by atoms with van der Waals surface area (Å²) in [6, 6.07) is 4.89. The van der Waals surface area contributed by atoms with E-state index in [-0.39, 0.29) is 11.7 Å². The summed E-state index contributed by atoms with van der Waals surface area (Å²) >= 11 is 0. The number of hydrogen-bond donors (Lipinski definition) is 2. The predicted octanol–water partition coefficient (Wildman–Crippen LogP) is 2.60. The molecule has 0 bridgehead atoms. The summed E-state index contributed by atoms with van der Waals surface area (Å²) in [5.74, 6) is -0.370. The van der Waals surface area contributed by atoms with Crippen LogP contribution in [0.1, 0.15) is 31.2 Å². The summed E-state index contributed by atoms with van der Waals surface area (Å²) in [4.78, 5) is 11.8. The van der Waals surface area contributed by atoms with Crippen LogP contribution in [0.2, 0.25) is 0 Å². The fourth-order valence-electron chi connectivity index (χ4n) is 2.25. The normalized spacial score (nSPS) is 18.9. The van der Waals surface area contributed by atoms with Gasteiger partial charge in [-0.1, -0.05) is 6.07 Å².